The van der Waals surface area contributed by atoms with Gasteiger partial charge in [-0.1, -0.05) is 54.7 Å². The third kappa shape index (κ3) is 5.52. The summed E-state index contributed by atoms with van der Waals surface area (Å²) in [6.07, 6.45) is 1.05. The first-order chi connectivity index (χ1) is 16.0. The van der Waals surface area contributed by atoms with Crippen molar-refractivity contribution in [1.82, 2.24) is 9.97 Å². The van der Waals surface area contributed by atoms with E-state index in [1.165, 1.54) is 5.56 Å². The smallest absolute Gasteiger partial charge is 0.188 e. The van der Waals surface area contributed by atoms with Gasteiger partial charge in [-0.3, -0.25) is 0 Å². The van der Waals surface area contributed by atoms with Crippen LogP contribution >= 0.6 is 22.7 Å². The van der Waals surface area contributed by atoms with E-state index in [1.807, 2.05) is 12.1 Å². The van der Waals surface area contributed by atoms with E-state index in [1.54, 1.807) is 22.7 Å². The highest BCUT2D eigenvalue weighted by molar-refractivity contribution is 7.22. The second-order valence-corrected chi connectivity index (χ2v) is 9.71. The van der Waals surface area contributed by atoms with Crippen LogP contribution in [0.3, 0.4) is 0 Å². The molecule has 3 aromatic rings. The molecule has 0 aliphatic heterocycles. The van der Waals surface area contributed by atoms with E-state index in [0.717, 1.165) is 64.1 Å². The first-order valence-corrected chi connectivity index (χ1v) is 13.4. The fourth-order valence-corrected chi connectivity index (χ4v) is 5.77. The summed E-state index contributed by atoms with van der Waals surface area (Å²) in [5.74, 6) is 0.913. The van der Waals surface area contributed by atoms with Gasteiger partial charge in [0.2, 0.25) is 0 Å². The normalized spacial score (nSPS) is 12.4. The van der Waals surface area contributed by atoms with Crippen LogP contribution in [0.1, 0.15) is 59.4 Å². The second-order valence-electron chi connectivity index (χ2n) is 7.77. The van der Waals surface area contributed by atoms with Crippen molar-refractivity contribution in [3.05, 3.63) is 29.8 Å². The minimum atomic E-state index is 0.418. The summed E-state index contributed by atoms with van der Waals surface area (Å²) in [4.78, 5) is 14.9. The van der Waals surface area contributed by atoms with Gasteiger partial charge in [0.1, 0.15) is 16.4 Å². The molecule has 0 aliphatic carbocycles. The van der Waals surface area contributed by atoms with Gasteiger partial charge in [0.05, 0.1) is 5.69 Å². The monoisotopic (exact) mass is 485 g/mol. The Morgan fingerprint density at radius 1 is 0.879 bits per heavy atom. The number of nitrogens with two attached hydrogens (primary N) is 1. The molecule has 33 heavy (non-hydrogen) atoms. The predicted molar refractivity (Wildman–Crippen MR) is 144 cm³/mol. The molecule has 2 N–H and O–H groups in total. The van der Waals surface area contributed by atoms with Crippen molar-refractivity contribution in [2.45, 2.75) is 53.9 Å². The lowest BCUT2D eigenvalue weighted by atomic mass is 9.97. The fraction of sp³-hybridized carbons (Fsp3) is 0.500. The highest BCUT2D eigenvalue weighted by Gasteiger charge is 2.23. The van der Waals surface area contributed by atoms with Crippen LogP contribution in [0.2, 0.25) is 0 Å². The molecule has 178 valence electrons. The minimum Gasteiger partial charge on any atom is -0.382 e. The molecule has 0 radical (unpaired) electrons. The Bertz CT molecular complexity index is 1060. The Morgan fingerprint density at radius 2 is 1.48 bits per heavy atom. The van der Waals surface area contributed by atoms with E-state index in [4.69, 9.17) is 15.8 Å². The zero-order chi connectivity index (χ0) is 24.0. The third-order valence-electron chi connectivity index (χ3n) is 5.85. The van der Waals surface area contributed by atoms with Crippen molar-refractivity contribution in [2.24, 2.45) is 10.2 Å². The molecular weight excluding hydrogens is 450 g/mol. The topological polar surface area (TPSA) is 83.0 Å². The van der Waals surface area contributed by atoms with Crippen LogP contribution < -0.4 is 15.5 Å². The van der Waals surface area contributed by atoms with Crippen molar-refractivity contribution in [2.75, 3.05) is 41.7 Å². The zero-order valence-corrected chi connectivity index (χ0v) is 22.1. The van der Waals surface area contributed by atoms with Crippen LogP contribution in [0.4, 0.5) is 26.8 Å². The van der Waals surface area contributed by atoms with Crippen LogP contribution in [-0.2, 0) is 0 Å². The Kier molecular flexibility index (Phi) is 8.80. The number of thiazole rings is 2. The number of aromatic nitrogens is 2. The quantitative estimate of drug-likeness (QED) is 0.285. The maximum Gasteiger partial charge on any atom is 0.188 e. The van der Waals surface area contributed by atoms with Crippen LogP contribution in [0.15, 0.2) is 34.5 Å². The van der Waals surface area contributed by atoms with E-state index in [9.17, 15) is 0 Å². The van der Waals surface area contributed by atoms with Crippen molar-refractivity contribution in [3.63, 3.8) is 0 Å². The first-order valence-electron chi connectivity index (χ1n) is 11.7. The van der Waals surface area contributed by atoms with E-state index >= 15 is 0 Å². The number of hydrogen-bond donors (Lipinski definition) is 1. The molecule has 0 aliphatic rings. The summed E-state index contributed by atoms with van der Waals surface area (Å²) in [7, 11) is 0. The van der Waals surface area contributed by atoms with Crippen LogP contribution in [0, 0.1) is 0 Å². The van der Waals surface area contributed by atoms with E-state index < -0.39 is 0 Å². The highest BCUT2D eigenvalue weighted by Crippen LogP contribution is 2.46. The summed E-state index contributed by atoms with van der Waals surface area (Å²) in [5.41, 5.74) is 9.25. The average Bonchev–Trinajstić information content (AvgIpc) is 3.42. The van der Waals surface area contributed by atoms with Crippen molar-refractivity contribution in [1.29, 1.82) is 0 Å². The Labute approximate surface area is 205 Å². The van der Waals surface area contributed by atoms with E-state index in [2.05, 4.69) is 73.6 Å². The van der Waals surface area contributed by atoms with Gasteiger partial charge in [-0.2, -0.15) is 0 Å². The molecular formula is C24H35N7S2. The second kappa shape index (κ2) is 11.6. The van der Waals surface area contributed by atoms with Crippen molar-refractivity contribution in [3.8, 4) is 10.6 Å². The number of nitrogen functional groups attached to an aromatic ring is 1. The van der Waals surface area contributed by atoms with E-state index in [-0.39, 0.29) is 0 Å². The number of anilines is 3. The standard InChI is InChI=1S/C24H35N7S2/c1-7-16(6)17-14-12-13-15-18(17)28-29-22-19(26-23(33-22)30(8-2)9-3)20-21(25)27-24(32-20)31(10-4)11-5/h12-16H,7-11,25H2,1-6H3. The molecule has 0 bridgehead atoms. The van der Waals surface area contributed by atoms with Crippen LogP contribution in [-0.4, -0.2) is 36.1 Å². The zero-order valence-electron chi connectivity index (χ0n) is 20.5. The Morgan fingerprint density at radius 3 is 2.09 bits per heavy atom. The number of benzene rings is 1. The SMILES string of the molecule is CCC(C)c1ccccc1N=Nc1sc(N(CC)CC)nc1-c1sc(N(CC)CC)nc1N. The Balaban J connectivity index is 2.09. The molecule has 3 rings (SSSR count). The van der Waals surface area contributed by atoms with E-state index in [0.29, 0.717) is 11.7 Å². The van der Waals surface area contributed by atoms with Crippen molar-refractivity contribution >= 4 is 49.4 Å². The summed E-state index contributed by atoms with van der Waals surface area (Å²) < 4.78 is 0. The summed E-state index contributed by atoms with van der Waals surface area (Å²) in [6.45, 7) is 16.4. The molecule has 0 fully saturated rings. The van der Waals surface area contributed by atoms with Gasteiger partial charge in [0.25, 0.3) is 0 Å². The van der Waals surface area contributed by atoms with Gasteiger partial charge in [-0.15, -0.1) is 10.2 Å². The molecule has 1 atom stereocenters. The van der Waals surface area contributed by atoms with Gasteiger partial charge in [0.15, 0.2) is 15.3 Å². The Hall–Kier alpha value is -2.52. The molecule has 9 heteroatoms. The summed E-state index contributed by atoms with van der Waals surface area (Å²) in [6, 6.07) is 8.22. The first kappa shape index (κ1) is 25.1. The van der Waals surface area contributed by atoms with Crippen LogP contribution in [0.5, 0.6) is 0 Å². The van der Waals surface area contributed by atoms with Gasteiger partial charge in [0, 0.05) is 26.2 Å². The highest BCUT2D eigenvalue weighted by atomic mass is 32.1. The maximum absolute atomic E-state index is 6.38. The fourth-order valence-electron chi connectivity index (χ4n) is 3.58. The maximum atomic E-state index is 6.38. The van der Waals surface area contributed by atoms with Gasteiger partial charge >= 0.3 is 0 Å². The van der Waals surface area contributed by atoms with Gasteiger partial charge in [-0.25, -0.2) is 9.97 Å². The van der Waals surface area contributed by atoms with Gasteiger partial charge in [-0.05, 0) is 51.7 Å². The molecule has 7 nitrogen and oxygen atoms in total. The molecule has 1 aromatic carbocycles. The molecule has 1 unspecified atom stereocenters. The minimum absolute atomic E-state index is 0.418. The number of nitrogens with zero attached hydrogens (tertiary/aromatic N) is 6. The van der Waals surface area contributed by atoms with Gasteiger partial charge < -0.3 is 15.5 Å². The molecule has 2 heterocycles. The number of rotatable bonds is 11. The lowest BCUT2D eigenvalue weighted by Crippen LogP contribution is -2.21. The average molecular weight is 486 g/mol. The number of azo groups is 1. The lowest BCUT2D eigenvalue weighted by molar-refractivity contribution is 0.733. The molecule has 0 spiro atoms. The van der Waals surface area contributed by atoms with Crippen molar-refractivity contribution < 1.29 is 0 Å². The third-order valence-corrected chi connectivity index (χ3v) is 7.99. The van der Waals surface area contributed by atoms with Crippen LogP contribution in [0.25, 0.3) is 10.6 Å². The largest absolute Gasteiger partial charge is 0.382 e. The summed E-state index contributed by atoms with van der Waals surface area (Å²) >= 11 is 3.12. The lowest BCUT2D eigenvalue weighted by Gasteiger charge is -2.16. The molecule has 0 amide bonds. The molecule has 0 saturated heterocycles. The predicted octanol–water partition coefficient (Wildman–Crippen LogP) is 7.47. The molecule has 2 aromatic heterocycles. The number of hydrogen-bond acceptors (Lipinski definition) is 9. The molecule has 0 saturated carbocycles. The summed E-state index contributed by atoms with van der Waals surface area (Å²) in [5, 5.41) is 12.0.